The highest BCUT2D eigenvalue weighted by Crippen LogP contribution is 2.34. The Labute approximate surface area is 123 Å². The highest BCUT2D eigenvalue weighted by Gasteiger charge is 2.34. The van der Waals surface area contributed by atoms with Gasteiger partial charge in [-0.3, -0.25) is 0 Å². The zero-order valence-corrected chi connectivity index (χ0v) is 11.6. The highest BCUT2D eigenvalue weighted by molar-refractivity contribution is 6.30. The minimum absolute atomic E-state index is 0.0506. The normalized spacial score (nSPS) is 13.3. The second-order valence-electron chi connectivity index (χ2n) is 4.70. The van der Waals surface area contributed by atoms with E-state index in [2.05, 4.69) is 0 Å². The summed E-state index contributed by atoms with van der Waals surface area (Å²) in [6.45, 7) is 1.74. The third kappa shape index (κ3) is 3.54. The van der Waals surface area contributed by atoms with Crippen LogP contribution in [0.1, 0.15) is 28.4 Å². The van der Waals surface area contributed by atoms with Crippen LogP contribution in [0.5, 0.6) is 0 Å². The third-order valence-electron chi connectivity index (χ3n) is 2.99. The van der Waals surface area contributed by atoms with Crippen molar-refractivity contribution in [1.29, 1.82) is 0 Å². The number of aliphatic hydroxyl groups excluding tert-OH is 1. The Bertz CT molecular complexity index is 647. The van der Waals surface area contributed by atoms with Crippen molar-refractivity contribution in [3.63, 3.8) is 0 Å². The van der Waals surface area contributed by atoms with E-state index in [1.54, 1.807) is 19.1 Å². The van der Waals surface area contributed by atoms with Gasteiger partial charge in [-0.05, 0) is 47.9 Å². The lowest BCUT2D eigenvalue weighted by atomic mass is 9.98. The summed E-state index contributed by atoms with van der Waals surface area (Å²) in [7, 11) is 0. The zero-order chi connectivity index (χ0) is 15.8. The Kier molecular flexibility index (Phi) is 4.25. The number of benzene rings is 2. The van der Waals surface area contributed by atoms with Gasteiger partial charge < -0.3 is 5.11 Å². The summed E-state index contributed by atoms with van der Waals surface area (Å²) in [6.07, 6.45) is -6.13. The number of alkyl halides is 3. The molecule has 1 atom stereocenters. The average molecular weight is 319 g/mol. The van der Waals surface area contributed by atoms with E-state index in [-0.39, 0.29) is 5.56 Å². The van der Waals surface area contributed by atoms with Crippen LogP contribution < -0.4 is 0 Å². The zero-order valence-electron chi connectivity index (χ0n) is 10.9. The van der Waals surface area contributed by atoms with Gasteiger partial charge in [0.25, 0.3) is 0 Å². The van der Waals surface area contributed by atoms with Crippen LogP contribution in [0.25, 0.3) is 0 Å². The molecule has 1 N–H and O–H groups in total. The molecule has 0 aliphatic carbocycles. The summed E-state index contributed by atoms with van der Waals surface area (Å²) in [5.41, 5.74) is -0.349. The maximum atomic E-state index is 13.2. The van der Waals surface area contributed by atoms with E-state index in [0.717, 1.165) is 11.6 Å². The highest BCUT2D eigenvalue weighted by atomic mass is 35.5. The molecule has 0 amide bonds. The molecular weight excluding hydrogens is 308 g/mol. The molecule has 0 heterocycles. The van der Waals surface area contributed by atoms with Gasteiger partial charge in [-0.1, -0.05) is 23.7 Å². The van der Waals surface area contributed by atoms with Gasteiger partial charge in [0.1, 0.15) is 11.9 Å². The summed E-state index contributed by atoms with van der Waals surface area (Å²) in [4.78, 5) is 0. The quantitative estimate of drug-likeness (QED) is 0.782. The summed E-state index contributed by atoms with van der Waals surface area (Å²) >= 11 is 5.86. The van der Waals surface area contributed by atoms with Crippen LogP contribution in [0.15, 0.2) is 36.4 Å². The van der Waals surface area contributed by atoms with E-state index < -0.39 is 23.7 Å². The number of halogens is 5. The Balaban J connectivity index is 2.46. The molecule has 0 saturated heterocycles. The first kappa shape index (κ1) is 15.8. The van der Waals surface area contributed by atoms with Gasteiger partial charge in [-0.2, -0.15) is 13.2 Å². The summed E-state index contributed by atoms with van der Waals surface area (Å²) in [5.74, 6) is -1.37. The lowest BCUT2D eigenvalue weighted by Crippen LogP contribution is -2.10. The van der Waals surface area contributed by atoms with Gasteiger partial charge in [-0.25, -0.2) is 4.39 Å². The van der Waals surface area contributed by atoms with Crippen molar-refractivity contribution in [3.8, 4) is 0 Å². The summed E-state index contributed by atoms with van der Waals surface area (Å²) in [6, 6.07) is 7.13. The van der Waals surface area contributed by atoms with Gasteiger partial charge in [0.15, 0.2) is 0 Å². The molecule has 0 aliphatic heterocycles. The van der Waals surface area contributed by atoms with Crippen LogP contribution in [0, 0.1) is 12.7 Å². The lowest BCUT2D eigenvalue weighted by molar-refractivity contribution is -0.140. The number of hydrogen-bond acceptors (Lipinski definition) is 1. The number of hydrogen-bond donors (Lipinski definition) is 1. The maximum Gasteiger partial charge on any atom is 0.419 e. The molecular formula is C15H11ClF4O. The van der Waals surface area contributed by atoms with Crippen molar-refractivity contribution in [2.45, 2.75) is 19.2 Å². The van der Waals surface area contributed by atoms with Crippen molar-refractivity contribution in [2.24, 2.45) is 0 Å². The first-order chi connectivity index (χ1) is 9.68. The van der Waals surface area contributed by atoms with E-state index in [1.165, 1.54) is 6.07 Å². The van der Waals surface area contributed by atoms with E-state index in [1.807, 2.05) is 0 Å². The molecule has 1 nitrogen and oxygen atoms in total. The van der Waals surface area contributed by atoms with Crippen LogP contribution in [0.3, 0.4) is 0 Å². The maximum absolute atomic E-state index is 13.2. The molecule has 0 bridgehead atoms. The molecule has 0 fully saturated rings. The summed E-state index contributed by atoms with van der Waals surface area (Å²) in [5, 5.41) is 10.5. The van der Waals surface area contributed by atoms with Gasteiger partial charge in [0.2, 0.25) is 0 Å². The van der Waals surface area contributed by atoms with Crippen LogP contribution in [-0.2, 0) is 6.18 Å². The molecule has 1 unspecified atom stereocenters. The first-order valence-corrected chi connectivity index (χ1v) is 6.38. The predicted molar refractivity (Wildman–Crippen MR) is 71.7 cm³/mol. The summed E-state index contributed by atoms with van der Waals surface area (Å²) < 4.78 is 51.3. The fourth-order valence-corrected chi connectivity index (χ4v) is 2.34. The van der Waals surface area contributed by atoms with Crippen LogP contribution >= 0.6 is 11.6 Å². The molecule has 0 radical (unpaired) electrons. The van der Waals surface area contributed by atoms with Gasteiger partial charge in [-0.15, -0.1) is 0 Å². The topological polar surface area (TPSA) is 20.2 Å². The molecule has 21 heavy (non-hydrogen) atoms. The molecule has 0 aromatic heterocycles. The van der Waals surface area contributed by atoms with Crippen molar-refractivity contribution in [1.82, 2.24) is 0 Å². The minimum Gasteiger partial charge on any atom is -0.384 e. The Morgan fingerprint density at radius 2 is 1.71 bits per heavy atom. The van der Waals surface area contributed by atoms with Crippen molar-refractivity contribution in [2.75, 3.05) is 0 Å². The molecule has 112 valence electrons. The molecule has 0 spiro atoms. The third-order valence-corrected chi connectivity index (χ3v) is 3.21. The lowest BCUT2D eigenvalue weighted by Gasteiger charge is -2.15. The van der Waals surface area contributed by atoms with E-state index in [0.29, 0.717) is 22.7 Å². The van der Waals surface area contributed by atoms with Gasteiger partial charge in [0, 0.05) is 5.02 Å². The van der Waals surface area contributed by atoms with Crippen LogP contribution in [0.4, 0.5) is 17.6 Å². The van der Waals surface area contributed by atoms with Crippen molar-refractivity contribution in [3.05, 3.63) is 69.5 Å². The fourth-order valence-electron chi connectivity index (χ4n) is 2.05. The van der Waals surface area contributed by atoms with Crippen molar-refractivity contribution < 1.29 is 22.7 Å². The number of aliphatic hydroxyl groups is 1. The molecule has 0 aliphatic rings. The van der Waals surface area contributed by atoms with Gasteiger partial charge >= 0.3 is 6.18 Å². The van der Waals surface area contributed by atoms with Crippen molar-refractivity contribution >= 4 is 11.6 Å². The SMILES string of the molecule is Cc1cc(Cl)cc(C(O)c2ccc(F)c(C(F)(F)F)c2)c1. The fraction of sp³-hybridized carbons (Fsp3) is 0.200. The standard InChI is InChI=1S/C15H11ClF4O/c1-8-4-10(6-11(16)5-8)14(21)9-2-3-13(17)12(7-9)15(18,19)20/h2-7,14,21H,1H3. The van der Waals surface area contributed by atoms with E-state index in [9.17, 15) is 22.7 Å². The molecule has 2 rings (SSSR count). The smallest absolute Gasteiger partial charge is 0.384 e. The molecule has 0 saturated carbocycles. The van der Waals surface area contributed by atoms with E-state index in [4.69, 9.17) is 11.6 Å². The van der Waals surface area contributed by atoms with E-state index >= 15 is 0 Å². The minimum atomic E-state index is -4.82. The van der Waals surface area contributed by atoms with Crippen LogP contribution in [0.2, 0.25) is 5.02 Å². The number of rotatable bonds is 2. The van der Waals surface area contributed by atoms with Crippen LogP contribution in [-0.4, -0.2) is 5.11 Å². The second-order valence-corrected chi connectivity index (χ2v) is 5.14. The molecule has 6 heteroatoms. The molecule has 2 aromatic carbocycles. The largest absolute Gasteiger partial charge is 0.419 e. The molecule has 2 aromatic rings. The monoisotopic (exact) mass is 318 g/mol. The van der Waals surface area contributed by atoms with Gasteiger partial charge in [0.05, 0.1) is 5.56 Å². The Morgan fingerprint density at radius 1 is 1.05 bits per heavy atom. The number of aryl methyl sites for hydroxylation is 1. The first-order valence-electron chi connectivity index (χ1n) is 6.00. The predicted octanol–water partition coefficient (Wildman–Crippen LogP) is 4.89. The Morgan fingerprint density at radius 3 is 2.29 bits per heavy atom. The Hall–Kier alpha value is -1.59. The second kappa shape index (κ2) is 5.66. The average Bonchev–Trinajstić information content (AvgIpc) is 2.36.